The maximum Gasteiger partial charge on any atom is 0.315 e. The van der Waals surface area contributed by atoms with Crippen molar-refractivity contribution >= 4 is 46.3 Å². The van der Waals surface area contributed by atoms with Crippen molar-refractivity contribution in [1.29, 1.82) is 0 Å². The van der Waals surface area contributed by atoms with Crippen LogP contribution in [0.15, 0.2) is 71.5 Å². The van der Waals surface area contributed by atoms with Crippen LogP contribution in [0.3, 0.4) is 0 Å². The number of benzene rings is 3. The summed E-state index contributed by atoms with van der Waals surface area (Å²) in [6.07, 6.45) is 3.77. The van der Waals surface area contributed by atoms with Gasteiger partial charge in [0.2, 0.25) is 5.91 Å². The zero-order valence-corrected chi connectivity index (χ0v) is 17.5. The third-order valence-electron chi connectivity index (χ3n) is 4.88. The number of anilines is 1. The van der Waals surface area contributed by atoms with Crippen molar-refractivity contribution in [3.05, 3.63) is 100 Å². The van der Waals surface area contributed by atoms with Crippen LogP contribution in [0.4, 0.5) is 14.5 Å². The molecule has 1 aromatic heterocycles. The summed E-state index contributed by atoms with van der Waals surface area (Å²) >= 11 is 5.68. The highest BCUT2D eigenvalue weighted by atomic mass is 35.5. The predicted octanol–water partition coefficient (Wildman–Crippen LogP) is 5.63. The summed E-state index contributed by atoms with van der Waals surface area (Å²) in [5.41, 5.74) is 1.92. The smallest absolute Gasteiger partial charge is 0.315 e. The largest absolute Gasteiger partial charge is 0.481 e. The molecule has 0 aliphatic rings. The van der Waals surface area contributed by atoms with Crippen LogP contribution < -0.4 is 5.32 Å². The molecule has 0 saturated carbocycles. The van der Waals surface area contributed by atoms with Gasteiger partial charge in [-0.05, 0) is 53.6 Å². The molecule has 0 aliphatic carbocycles. The number of hydrogen-bond acceptors (Lipinski definition) is 4. The van der Waals surface area contributed by atoms with E-state index in [1.807, 2.05) is 0 Å². The Morgan fingerprint density at radius 1 is 1.06 bits per heavy atom. The maximum absolute atomic E-state index is 14.9. The van der Waals surface area contributed by atoms with Gasteiger partial charge < -0.3 is 14.8 Å². The molecule has 0 bridgehead atoms. The van der Waals surface area contributed by atoms with Crippen LogP contribution >= 0.6 is 11.6 Å². The highest BCUT2D eigenvalue weighted by molar-refractivity contribution is 6.31. The predicted molar refractivity (Wildman–Crippen MR) is 119 cm³/mol. The molecule has 2 N–H and O–H groups in total. The minimum atomic E-state index is -1.25. The van der Waals surface area contributed by atoms with E-state index >= 15 is 0 Å². The second-order valence-corrected chi connectivity index (χ2v) is 7.49. The van der Waals surface area contributed by atoms with E-state index in [0.29, 0.717) is 27.9 Å². The zero-order chi connectivity index (χ0) is 23.5. The molecule has 0 aliphatic heterocycles. The van der Waals surface area contributed by atoms with Crippen LogP contribution in [-0.2, 0) is 9.59 Å². The number of fused-ring (bicyclic) bond motifs is 1. The molecule has 0 spiro atoms. The van der Waals surface area contributed by atoms with Gasteiger partial charge in [-0.3, -0.25) is 9.59 Å². The Morgan fingerprint density at radius 2 is 1.88 bits per heavy atom. The number of carboxylic acids is 1. The highest BCUT2D eigenvalue weighted by Gasteiger charge is 2.26. The van der Waals surface area contributed by atoms with Crippen molar-refractivity contribution in [3.63, 3.8) is 0 Å². The van der Waals surface area contributed by atoms with E-state index < -0.39 is 29.4 Å². The van der Waals surface area contributed by atoms with E-state index in [1.54, 1.807) is 12.1 Å². The summed E-state index contributed by atoms with van der Waals surface area (Å²) in [5, 5.41) is 12.1. The van der Waals surface area contributed by atoms with Gasteiger partial charge in [-0.25, -0.2) is 13.8 Å². The van der Waals surface area contributed by atoms with Gasteiger partial charge >= 0.3 is 5.97 Å². The van der Waals surface area contributed by atoms with E-state index in [9.17, 15) is 23.5 Å². The van der Waals surface area contributed by atoms with Crippen LogP contribution in [-0.4, -0.2) is 22.0 Å². The van der Waals surface area contributed by atoms with E-state index in [-0.39, 0.29) is 10.6 Å². The molecule has 6 nitrogen and oxygen atoms in total. The Kier molecular flexibility index (Phi) is 6.19. The summed E-state index contributed by atoms with van der Waals surface area (Å²) in [4.78, 5) is 28.0. The van der Waals surface area contributed by atoms with Gasteiger partial charge in [-0.1, -0.05) is 29.8 Å². The maximum atomic E-state index is 14.9. The van der Waals surface area contributed by atoms with E-state index in [0.717, 1.165) is 12.1 Å². The number of rotatable bonds is 6. The first-order valence-corrected chi connectivity index (χ1v) is 9.99. The first-order valence-electron chi connectivity index (χ1n) is 9.61. The molecule has 1 heterocycles. The molecular weight excluding hydrogens is 454 g/mol. The van der Waals surface area contributed by atoms with E-state index in [1.165, 1.54) is 48.9 Å². The van der Waals surface area contributed by atoms with Crippen LogP contribution in [0.2, 0.25) is 5.02 Å². The Hall–Kier alpha value is -4.04. The summed E-state index contributed by atoms with van der Waals surface area (Å²) in [5.74, 6) is -4.36. The topological polar surface area (TPSA) is 92.4 Å². The fourth-order valence-corrected chi connectivity index (χ4v) is 3.50. The van der Waals surface area contributed by atoms with Crippen molar-refractivity contribution in [1.82, 2.24) is 4.98 Å². The molecule has 0 radical (unpaired) electrons. The highest BCUT2D eigenvalue weighted by Crippen LogP contribution is 2.30. The fraction of sp³-hybridized carbons (Fsp3) is 0.0417. The van der Waals surface area contributed by atoms with E-state index in [2.05, 4.69) is 10.3 Å². The molecule has 33 heavy (non-hydrogen) atoms. The summed E-state index contributed by atoms with van der Waals surface area (Å²) in [6, 6.07) is 12.4. The Labute approximate surface area is 191 Å². The third-order valence-corrected chi connectivity index (χ3v) is 5.17. The molecule has 1 atom stereocenters. The molecule has 0 saturated heterocycles. The average molecular weight is 469 g/mol. The number of nitrogens with one attached hydrogen (secondary N) is 1. The second-order valence-electron chi connectivity index (χ2n) is 7.08. The van der Waals surface area contributed by atoms with Crippen molar-refractivity contribution in [3.8, 4) is 0 Å². The van der Waals surface area contributed by atoms with Gasteiger partial charge in [-0.15, -0.1) is 0 Å². The van der Waals surface area contributed by atoms with Crippen molar-refractivity contribution in [2.75, 3.05) is 5.32 Å². The van der Waals surface area contributed by atoms with Gasteiger partial charge in [0.1, 0.15) is 23.1 Å². The summed E-state index contributed by atoms with van der Waals surface area (Å²) in [7, 11) is 0. The van der Waals surface area contributed by atoms with E-state index in [4.69, 9.17) is 16.0 Å². The normalized spacial score (nSPS) is 12.2. The lowest BCUT2D eigenvalue weighted by Crippen LogP contribution is -2.14. The Bertz CT molecular complexity index is 1400. The van der Waals surface area contributed by atoms with Crippen molar-refractivity contribution < 1.29 is 27.9 Å². The monoisotopic (exact) mass is 468 g/mol. The lowest BCUT2D eigenvalue weighted by Gasteiger charge is -2.14. The minimum Gasteiger partial charge on any atom is -0.481 e. The summed E-state index contributed by atoms with van der Waals surface area (Å²) in [6.45, 7) is 0. The number of halogens is 3. The minimum absolute atomic E-state index is 0.0344. The number of aromatic nitrogens is 1. The number of amides is 1. The van der Waals surface area contributed by atoms with Gasteiger partial charge in [0.25, 0.3) is 0 Å². The van der Waals surface area contributed by atoms with Gasteiger partial charge in [-0.2, -0.15) is 0 Å². The Morgan fingerprint density at radius 3 is 2.61 bits per heavy atom. The standard InChI is InChI=1S/C24H15ClF2N2O4/c25-17-11-15(4-6-18(17)26)29-22(30)8-2-13-1-5-16(19(27)9-13)23(24(31)32)14-3-7-21-20(10-14)28-12-33-21/h1-12,23H,(H,29,30)(H,31,32). The molecule has 3 aromatic carbocycles. The number of carboxylic acid groups (broad SMARTS) is 1. The zero-order valence-electron chi connectivity index (χ0n) is 16.8. The molecule has 166 valence electrons. The van der Waals surface area contributed by atoms with Crippen LogP contribution in [0.1, 0.15) is 22.6 Å². The quantitative estimate of drug-likeness (QED) is 0.358. The SMILES string of the molecule is O=C(C=Cc1ccc(C(C(=O)O)c2ccc3ocnc3c2)c(F)c1)Nc1ccc(F)c(Cl)c1. The number of nitrogens with zero attached hydrogens (tertiary/aromatic N) is 1. The van der Waals surface area contributed by atoms with Crippen LogP contribution in [0, 0.1) is 11.6 Å². The molecule has 4 rings (SSSR count). The average Bonchev–Trinajstić information content (AvgIpc) is 3.24. The Balaban J connectivity index is 1.54. The van der Waals surface area contributed by atoms with Crippen LogP contribution in [0.25, 0.3) is 17.2 Å². The van der Waals surface area contributed by atoms with Gasteiger partial charge in [0.15, 0.2) is 12.0 Å². The first-order chi connectivity index (χ1) is 15.8. The van der Waals surface area contributed by atoms with Crippen molar-refractivity contribution in [2.45, 2.75) is 5.92 Å². The molecule has 9 heteroatoms. The summed E-state index contributed by atoms with van der Waals surface area (Å²) < 4.78 is 33.2. The number of oxazole rings is 1. The molecule has 0 fully saturated rings. The number of hydrogen-bond donors (Lipinski definition) is 2. The first kappa shape index (κ1) is 22.2. The van der Waals surface area contributed by atoms with Crippen LogP contribution in [0.5, 0.6) is 0 Å². The van der Waals surface area contributed by atoms with Crippen molar-refractivity contribution in [2.24, 2.45) is 0 Å². The molecule has 1 amide bonds. The fourth-order valence-electron chi connectivity index (χ4n) is 3.32. The number of aliphatic carboxylic acids is 1. The second kappa shape index (κ2) is 9.22. The van der Waals surface area contributed by atoms with Gasteiger partial charge in [0.05, 0.1) is 5.02 Å². The molecule has 4 aromatic rings. The number of carbonyl (C=O) groups excluding carboxylic acids is 1. The third kappa shape index (κ3) is 4.91. The lowest BCUT2D eigenvalue weighted by molar-refractivity contribution is -0.137. The molecule has 1 unspecified atom stereocenters. The lowest BCUT2D eigenvalue weighted by atomic mass is 9.90. The number of carbonyl (C=O) groups is 2. The molecular formula is C24H15ClF2N2O4. The van der Waals surface area contributed by atoms with Gasteiger partial charge in [0, 0.05) is 17.3 Å².